The van der Waals surface area contributed by atoms with E-state index in [4.69, 9.17) is 0 Å². The Hall–Kier alpha value is -1.38. The molecule has 1 amide bonds. The molecule has 0 atom stereocenters. The second-order valence-electron chi connectivity index (χ2n) is 4.45. The van der Waals surface area contributed by atoms with Gasteiger partial charge in [-0.25, -0.2) is 4.98 Å². The minimum atomic E-state index is 0.0885. The standard InChI is InChI=1S/C13H18N2O/c16-13(9-8-11-5-1-2-6-11)15-12-7-3-4-10-14-12/h3-4,7,10-11H,1-2,5-6,8-9H2,(H,14,15,16). The first-order valence-electron chi connectivity index (χ1n) is 6.05. The number of amides is 1. The fourth-order valence-corrected chi connectivity index (χ4v) is 2.28. The third-order valence-corrected chi connectivity index (χ3v) is 3.19. The molecule has 1 fully saturated rings. The van der Waals surface area contributed by atoms with Crippen LogP contribution in [0.3, 0.4) is 0 Å². The second kappa shape index (κ2) is 5.64. The van der Waals surface area contributed by atoms with Gasteiger partial charge in [0.25, 0.3) is 0 Å². The van der Waals surface area contributed by atoms with Gasteiger partial charge >= 0.3 is 0 Å². The van der Waals surface area contributed by atoms with Crippen molar-refractivity contribution in [1.82, 2.24) is 4.98 Å². The average molecular weight is 218 g/mol. The van der Waals surface area contributed by atoms with Gasteiger partial charge in [0.05, 0.1) is 0 Å². The van der Waals surface area contributed by atoms with Crippen molar-refractivity contribution in [3.05, 3.63) is 24.4 Å². The van der Waals surface area contributed by atoms with Crippen LogP contribution in [0.15, 0.2) is 24.4 Å². The van der Waals surface area contributed by atoms with Gasteiger partial charge in [-0.1, -0.05) is 31.7 Å². The number of pyridine rings is 1. The number of anilines is 1. The summed E-state index contributed by atoms with van der Waals surface area (Å²) in [5.74, 6) is 1.51. The summed E-state index contributed by atoms with van der Waals surface area (Å²) in [7, 11) is 0. The molecule has 86 valence electrons. The zero-order valence-corrected chi connectivity index (χ0v) is 9.48. The third-order valence-electron chi connectivity index (χ3n) is 3.19. The summed E-state index contributed by atoms with van der Waals surface area (Å²) in [6, 6.07) is 5.53. The molecule has 1 aliphatic carbocycles. The number of hydrogen-bond acceptors (Lipinski definition) is 2. The van der Waals surface area contributed by atoms with Gasteiger partial charge in [-0.05, 0) is 24.5 Å². The second-order valence-corrected chi connectivity index (χ2v) is 4.45. The summed E-state index contributed by atoms with van der Waals surface area (Å²) in [5.41, 5.74) is 0. The van der Waals surface area contributed by atoms with E-state index in [2.05, 4.69) is 10.3 Å². The molecule has 1 N–H and O–H groups in total. The number of rotatable bonds is 4. The van der Waals surface area contributed by atoms with Crippen LogP contribution in [0.5, 0.6) is 0 Å². The van der Waals surface area contributed by atoms with Crippen molar-refractivity contribution in [2.24, 2.45) is 5.92 Å². The predicted molar refractivity (Wildman–Crippen MR) is 64.1 cm³/mol. The highest BCUT2D eigenvalue weighted by Crippen LogP contribution is 2.28. The van der Waals surface area contributed by atoms with Crippen molar-refractivity contribution < 1.29 is 4.79 Å². The molecule has 1 heterocycles. The summed E-state index contributed by atoms with van der Waals surface area (Å²) in [4.78, 5) is 15.7. The number of aromatic nitrogens is 1. The molecule has 0 aliphatic heterocycles. The van der Waals surface area contributed by atoms with Crippen LogP contribution in [0, 0.1) is 5.92 Å². The van der Waals surface area contributed by atoms with Gasteiger partial charge in [-0.2, -0.15) is 0 Å². The van der Waals surface area contributed by atoms with Crippen LogP contribution in [0.4, 0.5) is 5.82 Å². The van der Waals surface area contributed by atoms with Gasteiger partial charge in [0.15, 0.2) is 0 Å². The maximum absolute atomic E-state index is 11.6. The van der Waals surface area contributed by atoms with Gasteiger partial charge in [0.1, 0.15) is 5.82 Å². The first-order valence-corrected chi connectivity index (χ1v) is 6.05. The molecular formula is C13H18N2O. The Morgan fingerprint density at radius 3 is 2.88 bits per heavy atom. The van der Waals surface area contributed by atoms with E-state index < -0.39 is 0 Å². The summed E-state index contributed by atoms with van der Waals surface area (Å²) in [6.45, 7) is 0. The number of carbonyl (C=O) groups excluding carboxylic acids is 1. The maximum atomic E-state index is 11.6. The van der Waals surface area contributed by atoms with E-state index >= 15 is 0 Å². The Bertz CT molecular complexity index is 331. The van der Waals surface area contributed by atoms with E-state index in [0.717, 1.165) is 12.3 Å². The molecule has 1 saturated carbocycles. The van der Waals surface area contributed by atoms with Crippen molar-refractivity contribution in [2.45, 2.75) is 38.5 Å². The molecule has 3 nitrogen and oxygen atoms in total. The molecule has 2 rings (SSSR count). The lowest BCUT2D eigenvalue weighted by atomic mass is 10.0. The molecule has 1 aliphatic rings. The summed E-state index contributed by atoms with van der Waals surface area (Å²) in [6.07, 6.45) is 8.62. The van der Waals surface area contributed by atoms with Gasteiger partial charge in [-0.3, -0.25) is 4.79 Å². The SMILES string of the molecule is O=C(CCC1CCCC1)Nc1ccccn1. The Balaban J connectivity index is 1.72. The van der Waals surface area contributed by atoms with Crippen molar-refractivity contribution in [1.29, 1.82) is 0 Å². The number of nitrogens with zero attached hydrogens (tertiary/aromatic N) is 1. The monoisotopic (exact) mass is 218 g/mol. The number of carbonyl (C=O) groups is 1. The molecule has 0 bridgehead atoms. The van der Waals surface area contributed by atoms with Gasteiger partial charge < -0.3 is 5.32 Å². The minimum Gasteiger partial charge on any atom is -0.311 e. The molecule has 0 saturated heterocycles. The quantitative estimate of drug-likeness (QED) is 0.844. The summed E-state index contributed by atoms with van der Waals surface area (Å²) < 4.78 is 0. The van der Waals surface area contributed by atoms with Crippen LogP contribution in [0.2, 0.25) is 0 Å². The Labute approximate surface area is 96.3 Å². The zero-order chi connectivity index (χ0) is 11.2. The van der Waals surface area contributed by atoms with Crippen LogP contribution in [-0.2, 0) is 4.79 Å². The van der Waals surface area contributed by atoms with Crippen LogP contribution in [0.25, 0.3) is 0 Å². The molecule has 0 aromatic carbocycles. The smallest absolute Gasteiger partial charge is 0.225 e. The molecule has 3 heteroatoms. The molecule has 0 unspecified atom stereocenters. The van der Waals surface area contributed by atoms with Crippen LogP contribution in [0.1, 0.15) is 38.5 Å². The Morgan fingerprint density at radius 1 is 1.38 bits per heavy atom. The summed E-state index contributed by atoms with van der Waals surface area (Å²) >= 11 is 0. The fourth-order valence-electron chi connectivity index (χ4n) is 2.28. The highest BCUT2D eigenvalue weighted by Gasteiger charge is 2.16. The van der Waals surface area contributed by atoms with Crippen molar-refractivity contribution >= 4 is 11.7 Å². The lowest BCUT2D eigenvalue weighted by Gasteiger charge is -2.08. The molecule has 16 heavy (non-hydrogen) atoms. The van der Waals surface area contributed by atoms with E-state index in [-0.39, 0.29) is 5.91 Å². The Morgan fingerprint density at radius 2 is 2.19 bits per heavy atom. The highest BCUT2D eigenvalue weighted by atomic mass is 16.1. The largest absolute Gasteiger partial charge is 0.311 e. The van der Waals surface area contributed by atoms with Gasteiger partial charge in [-0.15, -0.1) is 0 Å². The predicted octanol–water partition coefficient (Wildman–Crippen LogP) is 2.99. The topological polar surface area (TPSA) is 42.0 Å². The van der Waals surface area contributed by atoms with Crippen molar-refractivity contribution in [2.75, 3.05) is 5.32 Å². The van der Waals surface area contributed by atoms with E-state index in [1.165, 1.54) is 25.7 Å². The van der Waals surface area contributed by atoms with Gasteiger partial charge in [0.2, 0.25) is 5.91 Å². The van der Waals surface area contributed by atoms with E-state index in [9.17, 15) is 4.79 Å². The molecular weight excluding hydrogens is 200 g/mol. The van der Waals surface area contributed by atoms with Crippen LogP contribution < -0.4 is 5.32 Å². The molecule has 1 aromatic heterocycles. The highest BCUT2D eigenvalue weighted by molar-refractivity contribution is 5.89. The van der Waals surface area contributed by atoms with E-state index in [0.29, 0.717) is 12.2 Å². The third kappa shape index (κ3) is 3.33. The van der Waals surface area contributed by atoms with Crippen LogP contribution in [-0.4, -0.2) is 10.9 Å². The van der Waals surface area contributed by atoms with Crippen molar-refractivity contribution in [3.63, 3.8) is 0 Å². The first kappa shape index (κ1) is 11.1. The molecule has 0 radical (unpaired) electrons. The normalized spacial score (nSPS) is 16.2. The maximum Gasteiger partial charge on any atom is 0.225 e. The zero-order valence-electron chi connectivity index (χ0n) is 9.48. The average Bonchev–Trinajstić information content (AvgIpc) is 2.81. The van der Waals surface area contributed by atoms with E-state index in [1.54, 1.807) is 6.20 Å². The van der Waals surface area contributed by atoms with Crippen molar-refractivity contribution in [3.8, 4) is 0 Å². The van der Waals surface area contributed by atoms with Gasteiger partial charge in [0, 0.05) is 12.6 Å². The lowest BCUT2D eigenvalue weighted by Crippen LogP contribution is -2.13. The number of hydrogen-bond donors (Lipinski definition) is 1. The fraction of sp³-hybridized carbons (Fsp3) is 0.538. The van der Waals surface area contributed by atoms with Crippen LogP contribution >= 0.6 is 0 Å². The molecule has 0 spiro atoms. The Kier molecular flexibility index (Phi) is 3.91. The number of nitrogens with one attached hydrogen (secondary N) is 1. The minimum absolute atomic E-state index is 0.0885. The summed E-state index contributed by atoms with van der Waals surface area (Å²) in [5, 5.41) is 2.82. The lowest BCUT2D eigenvalue weighted by molar-refractivity contribution is -0.116. The van der Waals surface area contributed by atoms with E-state index in [1.807, 2.05) is 18.2 Å². The molecule has 1 aromatic rings. The first-order chi connectivity index (χ1) is 7.84.